The van der Waals surface area contributed by atoms with Gasteiger partial charge in [0.25, 0.3) is 0 Å². The van der Waals surface area contributed by atoms with Gasteiger partial charge >= 0.3 is 11.9 Å². The molecule has 136 valence electrons. The molecule has 0 aliphatic carbocycles. The summed E-state index contributed by atoms with van der Waals surface area (Å²) in [6.07, 6.45) is 0. The van der Waals surface area contributed by atoms with E-state index in [4.69, 9.17) is 4.74 Å². The number of benzene rings is 3. The van der Waals surface area contributed by atoms with Crippen LogP contribution in [0.1, 0.15) is 10.4 Å². The van der Waals surface area contributed by atoms with Crippen molar-refractivity contribution in [2.24, 2.45) is 0 Å². The van der Waals surface area contributed by atoms with Crippen LogP contribution < -0.4 is 0 Å². The number of carbonyl (C=O) groups excluding carboxylic acids is 2. The minimum atomic E-state index is -0.588. The average Bonchev–Trinajstić information content (AvgIpc) is 2.74. The van der Waals surface area contributed by atoms with Crippen LogP contribution in [0.15, 0.2) is 99.6 Å². The molecule has 3 rings (SSSR count). The number of ether oxygens (including phenoxy) is 2. The van der Waals surface area contributed by atoms with Gasteiger partial charge < -0.3 is 9.47 Å². The van der Waals surface area contributed by atoms with E-state index in [1.165, 1.54) is 16.9 Å². The van der Waals surface area contributed by atoms with Crippen molar-refractivity contribution in [3.8, 4) is 0 Å². The number of methoxy groups -OCH3 is 1. The molecule has 0 heterocycles. The Bertz CT molecular complexity index is 853. The third kappa shape index (κ3) is 4.77. The maximum Gasteiger partial charge on any atom is 0.344 e. The van der Waals surface area contributed by atoms with E-state index >= 15 is 0 Å². The van der Waals surface area contributed by atoms with Crippen LogP contribution >= 0.6 is 0 Å². The van der Waals surface area contributed by atoms with Crippen molar-refractivity contribution in [1.82, 2.24) is 0 Å². The molecule has 4 nitrogen and oxygen atoms in total. The van der Waals surface area contributed by atoms with E-state index in [0.717, 1.165) is 4.90 Å². The quantitative estimate of drug-likeness (QED) is 0.478. The summed E-state index contributed by atoms with van der Waals surface area (Å²) in [7, 11) is 0.974. The molecule has 0 bridgehead atoms. The summed E-state index contributed by atoms with van der Waals surface area (Å²) in [5, 5.41) is 0. The van der Waals surface area contributed by atoms with Gasteiger partial charge in [0.2, 0.25) is 0 Å². The molecular formula is C22H19O4S+. The van der Waals surface area contributed by atoms with Crippen molar-refractivity contribution in [2.45, 2.75) is 14.7 Å². The molecular weight excluding hydrogens is 360 g/mol. The number of carbonyl (C=O) groups is 2. The number of esters is 2. The lowest BCUT2D eigenvalue weighted by atomic mass is 10.2. The van der Waals surface area contributed by atoms with Crippen LogP contribution in [0.5, 0.6) is 0 Å². The van der Waals surface area contributed by atoms with Gasteiger partial charge in [0.05, 0.1) is 23.6 Å². The first-order valence-electron chi connectivity index (χ1n) is 8.37. The van der Waals surface area contributed by atoms with Gasteiger partial charge in [0.15, 0.2) is 21.3 Å². The van der Waals surface area contributed by atoms with Crippen molar-refractivity contribution < 1.29 is 19.1 Å². The Balaban J connectivity index is 1.86. The smallest absolute Gasteiger partial charge is 0.344 e. The lowest BCUT2D eigenvalue weighted by Gasteiger charge is -2.08. The molecule has 0 aliphatic heterocycles. The summed E-state index contributed by atoms with van der Waals surface area (Å²) in [6, 6.07) is 27.8. The minimum absolute atomic E-state index is 0.275. The first-order valence-corrected chi connectivity index (χ1v) is 9.60. The van der Waals surface area contributed by atoms with Crippen LogP contribution in [0.4, 0.5) is 0 Å². The van der Waals surface area contributed by atoms with Gasteiger partial charge in [-0.05, 0) is 48.5 Å². The molecule has 0 unspecified atom stereocenters. The number of hydrogen-bond donors (Lipinski definition) is 0. The normalized spacial score (nSPS) is 10.4. The molecule has 0 saturated heterocycles. The highest BCUT2D eigenvalue weighted by Gasteiger charge is 2.28. The van der Waals surface area contributed by atoms with Gasteiger partial charge in [-0.15, -0.1) is 0 Å². The van der Waals surface area contributed by atoms with Gasteiger partial charge in [-0.25, -0.2) is 9.59 Å². The van der Waals surface area contributed by atoms with E-state index in [1.54, 1.807) is 12.1 Å². The Hall–Kier alpha value is -3.05. The molecule has 5 heteroatoms. The molecule has 0 N–H and O–H groups in total. The van der Waals surface area contributed by atoms with Gasteiger partial charge in [-0.3, -0.25) is 0 Å². The lowest BCUT2D eigenvalue weighted by molar-refractivity contribution is -0.144. The number of rotatable bonds is 6. The van der Waals surface area contributed by atoms with Gasteiger partial charge in [-0.1, -0.05) is 36.4 Å². The summed E-state index contributed by atoms with van der Waals surface area (Å²) in [5.74, 6) is -1.14. The molecule has 0 fully saturated rings. The van der Waals surface area contributed by atoms with Crippen molar-refractivity contribution in [1.29, 1.82) is 0 Å². The highest BCUT2D eigenvalue weighted by molar-refractivity contribution is 7.97. The van der Waals surface area contributed by atoms with E-state index in [2.05, 4.69) is 29.0 Å². The Morgan fingerprint density at radius 2 is 1.22 bits per heavy atom. The SMILES string of the molecule is COC(=O)COC(=O)c1ccc([S+](c2ccccc2)c2ccccc2)cc1. The average molecular weight is 379 g/mol. The zero-order valence-electron chi connectivity index (χ0n) is 14.8. The fourth-order valence-electron chi connectivity index (χ4n) is 2.52. The molecule has 0 spiro atoms. The summed E-state index contributed by atoms with van der Waals surface area (Å²) in [5.41, 5.74) is 0.396. The van der Waals surface area contributed by atoms with Gasteiger partial charge in [0, 0.05) is 0 Å². The second-order valence-corrected chi connectivity index (χ2v) is 7.64. The third-order valence-electron chi connectivity index (χ3n) is 3.83. The van der Waals surface area contributed by atoms with E-state index < -0.39 is 18.5 Å². The fourth-order valence-corrected chi connectivity index (χ4v) is 4.60. The van der Waals surface area contributed by atoms with Crippen LogP contribution in [0.3, 0.4) is 0 Å². The molecule has 27 heavy (non-hydrogen) atoms. The fraction of sp³-hybridized carbons (Fsp3) is 0.0909. The maximum absolute atomic E-state index is 12.1. The van der Waals surface area contributed by atoms with Crippen molar-refractivity contribution in [3.63, 3.8) is 0 Å². The Labute approximate surface area is 161 Å². The van der Waals surface area contributed by atoms with Crippen LogP contribution in [-0.2, 0) is 25.2 Å². The zero-order valence-corrected chi connectivity index (χ0v) is 15.6. The molecule has 0 aliphatic rings. The second kappa shape index (κ2) is 9.05. The first kappa shape index (κ1) is 18.7. The molecule has 0 radical (unpaired) electrons. The van der Waals surface area contributed by atoms with Crippen LogP contribution in [0.2, 0.25) is 0 Å². The van der Waals surface area contributed by atoms with E-state index in [9.17, 15) is 9.59 Å². The molecule has 0 amide bonds. The van der Waals surface area contributed by atoms with Gasteiger partial charge in [0.1, 0.15) is 0 Å². The molecule has 0 aromatic heterocycles. The summed E-state index contributed by atoms with van der Waals surface area (Å²) in [4.78, 5) is 26.7. The Kier molecular flexibility index (Phi) is 6.28. The highest BCUT2D eigenvalue weighted by Crippen LogP contribution is 2.31. The largest absolute Gasteiger partial charge is 0.466 e. The summed E-state index contributed by atoms with van der Waals surface area (Å²) in [6.45, 7) is -0.393. The molecule has 3 aromatic rings. The minimum Gasteiger partial charge on any atom is -0.466 e. The van der Waals surface area contributed by atoms with E-state index in [1.807, 2.05) is 48.5 Å². The maximum atomic E-state index is 12.1. The monoisotopic (exact) mass is 379 g/mol. The molecule has 3 aromatic carbocycles. The Morgan fingerprint density at radius 1 is 0.741 bits per heavy atom. The number of hydrogen-bond acceptors (Lipinski definition) is 4. The second-order valence-electron chi connectivity index (χ2n) is 5.61. The van der Waals surface area contributed by atoms with Crippen LogP contribution in [0.25, 0.3) is 0 Å². The highest BCUT2D eigenvalue weighted by atomic mass is 32.2. The lowest BCUT2D eigenvalue weighted by Crippen LogP contribution is -2.15. The van der Waals surface area contributed by atoms with E-state index in [-0.39, 0.29) is 10.9 Å². The van der Waals surface area contributed by atoms with Crippen molar-refractivity contribution in [2.75, 3.05) is 13.7 Å². The van der Waals surface area contributed by atoms with Gasteiger partial charge in [-0.2, -0.15) is 0 Å². The molecule has 0 saturated carbocycles. The standard InChI is InChI=1S/C22H19O4S/c1-25-21(23)16-26-22(24)17-12-14-20(15-13-17)27(18-8-4-2-5-9-18)19-10-6-3-7-11-19/h2-15H,16H2,1H3/q+1. The van der Waals surface area contributed by atoms with Crippen LogP contribution in [0, 0.1) is 0 Å². The predicted octanol–water partition coefficient (Wildman–Crippen LogP) is 4.11. The van der Waals surface area contributed by atoms with Crippen molar-refractivity contribution >= 4 is 22.8 Å². The Morgan fingerprint density at radius 3 is 1.70 bits per heavy atom. The van der Waals surface area contributed by atoms with Crippen LogP contribution in [-0.4, -0.2) is 25.7 Å². The summed E-state index contributed by atoms with van der Waals surface area (Å²) < 4.78 is 9.41. The third-order valence-corrected chi connectivity index (χ3v) is 6.06. The zero-order chi connectivity index (χ0) is 19.1. The predicted molar refractivity (Wildman–Crippen MR) is 104 cm³/mol. The molecule has 0 atom stereocenters. The van der Waals surface area contributed by atoms with Crippen molar-refractivity contribution in [3.05, 3.63) is 90.5 Å². The van der Waals surface area contributed by atoms with E-state index in [0.29, 0.717) is 5.56 Å². The summed E-state index contributed by atoms with van der Waals surface area (Å²) >= 11 is 0. The topological polar surface area (TPSA) is 52.6 Å². The first-order chi connectivity index (χ1) is 13.2.